The van der Waals surface area contributed by atoms with Crippen molar-refractivity contribution in [3.05, 3.63) is 29.8 Å². The van der Waals surface area contributed by atoms with Gasteiger partial charge >= 0.3 is 0 Å². The smallest absolute Gasteiger partial charge is 0.130 e. The third-order valence-electron chi connectivity index (χ3n) is 3.46. The van der Waals surface area contributed by atoms with Gasteiger partial charge in [0.2, 0.25) is 0 Å². The van der Waals surface area contributed by atoms with E-state index < -0.39 is 0 Å². The van der Waals surface area contributed by atoms with Gasteiger partial charge in [-0.2, -0.15) is 0 Å². The molecule has 0 fully saturated rings. The van der Waals surface area contributed by atoms with Gasteiger partial charge in [-0.05, 0) is 22.9 Å². The molecule has 3 heteroatoms. The maximum atomic E-state index is 5.57. The lowest BCUT2D eigenvalue weighted by Gasteiger charge is -2.25. The van der Waals surface area contributed by atoms with E-state index in [1.807, 2.05) is 18.2 Å². The van der Waals surface area contributed by atoms with Gasteiger partial charge in [-0.3, -0.25) is 0 Å². The molecular formula is C17H22O3. The number of benzene rings is 2. The summed E-state index contributed by atoms with van der Waals surface area (Å²) in [7, 11) is 5.03. The van der Waals surface area contributed by atoms with E-state index in [4.69, 9.17) is 14.2 Å². The minimum Gasteiger partial charge on any atom is -0.497 e. The van der Waals surface area contributed by atoms with Gasteiger partial charge in [0.05, 0.1) is 21.3 Å². The van der Waals surface area contributed by atoms with Crippen molar-refractivity contribution >= 4 is 10.8 Å². The molecule has 3 nitrogen and oxygen atoms in total. The maximum Gasteiger partial charge on any atom is 0.130 e. The largest absolute Gasteiger partial charge is 0.497 e. The Hall–Kier alpha value is -1.90. The monoisotopic (exact) mass is 274 g/mol. The van der Waals surface area contributed by atoms with Crippen LogP contribution in [-0.4, -0.2) is 21.3 Å². The second-order valence-electron chi connectivity index (χ2n) is 5.82. The molecule has 2 aromatic carbocycles. The van der Waals surface area contributed by atoms with E-state index in [9.17, 15) is 0 Å². The Kier molecular flexibility index (Phi) is 3.80. The van der Waals surface area contributed by atoms with Gasteiger partial charge in [-0.25, -0.2) is 0 Å². The molecule has 0 atom stereocenters. The molecule has 0 radical (unpaired) electrons. The van der Waals surface area contributed by atoms with Gasteiger partial charge in [0.15, 0.2) is 0 Å². The zero-order chi connectivity index (χ0) is 14.9. The Labute approximate surface area is 120 Å². The van der Waals surface area contributed by atoms with Crippen LogP contribution >= 0.6 is 0 Å². The van der Waals surface area contributed by atoms with Crippen molar-refractivity contribution in [2.75, 3.05) is 21.3 Å². The minimum absolute atomic E-state index is 0.0234. The van der Waals surface area contributed by atoms with Gasteiger partial charge in [0, 0.05) is 17.0 Å². The van der Waals surface area contributed by atoms with E-state index in [1.165, 1.54) is 5.56 Å². The van der Waals surface area contributed by atoms with Gasteiger partial charge < -0.3 is 14.2 Å². The van der Waals surface area contributed by atoms with E-state index in [2.05, 4.69) is 26.8 Å². The molecule has 0 aliphatic heterocycles. The summed E-state index contributed by atoms with van der Waals surface area (Å²) in [5.74, 6) is 2.47. The zero-order valence-electron chi connectivity index (χ0n) is 13.0. The highest BCUT2D eigenvalue weighted by Gasteiger charge is 2.24. The van der Waals surface area contributed by atoms with Crippen LogP contribution in [0.3, 0.4) is 0 Å². The number of methoxy groups -OCH3 is 3. The van der Waals surface area contributed by atoms with Gasteiger partial charge in [-0.1, -0.05) is 26.8 Å². The second kappa shape index (κ2) is 5.23. The summed E-state index contributed by atoms with van der Waals surface area (Å²) in [6.45, 7) is 6.54. The third kappa shape index (κ3) is 2.40. The van der Waals surface area contributed by atoms with E-state index in [0.29, 0.717) is 0 Å². The van der Waals surface area contributed by atoms with Gasteiger partial charge in [-0.15, -0.1) is 0 Å². The SMILES string of the molecule is COc1ccc2c(C(C)(C)C)c(OC)cc(OC)c2c1. The molecule has 108 valence electrons. The Balaban J connectivity index is 2.89. The lowest BCUT2D eigenvalue weighted by Crippen LogP contribution is -2.14. The molecule has 0 unspecified atom stereocenters. The second-order valence-corrected chi connectivity index (χ2v) is 5.82. The van der Waals surface area contributed by atoms with Crippen LogP contribution in [0.1, 0.15) is 26.3 Å². The fourth-order valence-corrected chi connectivity index (χ4v) is 2.58. The molecule has 0 aliphatic carbocycles. The molecule has 2 aromatic rings. The molecule has 0 aliphatic rings. The van der Waals surface area contributed by atoms with Crippen molar-refractivity contribution in [1.29, 1.82) is 0 Å². The molecule has 20 heavy (non-hydrogen) atoms. The van der Waals surface area contributed by atoms with Crippen LogP contribution in [0.4, 0.5) is 0 Å². The fraction of sp³-hybridized carbons (Fsp3) is 0.412. The van der Waals surface area contributed by atoms with Crippen molar-refractivity contribution in [3.63, 3.8) is 0 Å². The van der Waals surface area contributed by atoms with Crippen LogP contribution in [0, 0.1) is 0 Å². The molecule has 0 saturated carbocycles. The summed E-state index contributed by atoms with van der Waals surface area (Å²) in [6, 6.07) is 7.99. The molecule has 0 N–H and O–H groups in total. The van der Waals surface area contributed by atoms with Crippen LogP contribution < -0.4 is 14.2 Å². The molecule has 0 aromatic heterocycles. The predicted molar refractivity (Wildman–Crippen MR) is 82.3 cm³/mol. The normalized spacial score (nSPS) is 11.5. The fourth-order valence-electron chi connectivity index (χ4n) is 2.58. The van der Waals surface area contributed by atoms with E-state index in [-0.39, 0.29) is 5.41 Å². The lowest BCUT2D eigenvalue weighted by atomic mass is 9.82. The summed E-state index contributed by atoms with van der Waals surface area (Å²) in [4.78, 5) is 0. The standard InChI is InChI=1S/C17H22O3/c1-17(2,3)16-12-8-7-11(18-4)9-13(12)14(19-5)10-15(16)20-6/h7-10H,1-6H3. The van der Waals surface area contributed by atoms with Crippen LogP contribution in [0.2, 0.25) is 0 Å². The van der Waals surface area contributed by atoms with Gasteiger partial charge in [0.25, 0.3) is 0 Å². The highest BCUT2D eigenvalue weighted by molar-refractivity contribution is 5.95. The van der Waals surface area contributed by atoms with Crippen molar-refractivity contribution in [1.82, 2.24) is 0 Å². The highest BCUT2D eigenvalue weighted by Crippen LogP contribution is 2.43. The highest BCUT2D eigenvalue weighted by atomic mass is 16.5. The minimum atomic E-state index is -0.0234. The summed E-state index contributed by atoms with van der Waals surface area (Å²) in [5.41, 5.74) is 1.16. The quantitative estimate of drug-likeness (QED) is 0.841. The predicted octanol–water partition coefficient (Wildman–Crippen LogP) is 4.16. The van der Waals surface area contributed by atoms with Gasteiger partial charge in [0.1, 0.15) is 17.2 Å². The molecule has 0 heterocycles. The summed E-state index contributed by atoms with van der Waals surface area (Å²) in [6.07, 6.45) is 0. The first kappa shape index (κ1) is 14.5. The molecule has 0 bridgehead atoms. The van der Waals surface area contributed by atoms with Crippen molar-refractivity contribution in [3.8, 4) is 17.2 Å². The van der Waals surface area contributed by atoms with E-state index >= 15 is 0 Å². The Bertz CT molecular complexity index is 624. The van der Waals surface area contributed by atoms with Crippen molar-refractivity contribution < 1.29 is 14.2 Å². The average molecular weight is 274 g/mol. The summed E-state index contributed by atoms with van der Waals surface area (Å²) in [5, 5.41) is 2.17. The van der Waals surface area contributed by atoms with Crippen LogP contribution in [0.5, 0.6) is 17.2 Å². The Morgan fingerprint density at radius 2 is 1.40 bits per heavy atom. The molecule has 0 amide bonds. The first-order chi connectivity index (χ1) is 9.42. The average Bonchev–Trinajstić information content (AvgIpc) is 2.43. The number of ether oxygens (including phenoxy) is 3. The molecule has 0 spiro atoms. The van der Waals surface area contributed by atoms with Crippen molar-refractivity contribution in [2.45, 2.75) is 26.2 Å². The van der Waals surface area contributed by atoms with Crippen LogP contribution in [0.15, 0.2) is 24.3 Å². The number of hydrogen-bond acceptors (Lipinski definition) is 3. The number of hydrogen-bond donors (Lipinski definition) is 0. The van der Waals surface area contributed by atoms with E-state index in [0.717, 1.165) is 28.0 Å². The number of fused-ring (bicyclic) bond motifs is 1. The zero-order valence-corrected chi connectivity index (χ0v) is 13.0. The van der Waals surface area contributed by atoms with Crippen LogP contribution in [0.25, 0.3) is 10.8 Å². The summed E-state index contributed by atoms with van der Waals surface area (Å²) < 4.78 is 16.4. The first-order valence-electron chi connectivity index (χ1n) is 6.65. The topological polar surface area (TPSA) is 27.7 Å². The lowest BCUT2D eigenvalue weighted by molar-refractivity contribution is 0.386. The van der Waals surface area contributed by atoms with E-state index in [1.54, 1.807) is 21.3 Å². The molecule has 0 saturated heterocycles. The Morgan fingerprint density at radius 3 is 1.90 bits per heavy atom. The number of rotatable bonds is 3. The maximum absolute atomic E-state index is 5.57. The Morgan fingerprint density at radius 1 is 0.750 bits per heavy atom. The van der Waals surface area contributed by atoms with Crippen LogP contribution in [-0.2, 0) is 5.41 Å². The third-order valence-corrected chi connectivity index (χ3v) is 3.46. The molecule has 2 rings (SSSR count). The first-order valence-corrected chi connectivity index (χ1v) is 6.65. The van der Waals surface area contributed by atoms with Crippen molar-refractivity contribution in [2.24, 2.45) is 0 Å². The summed E-state index contributed by atoms with van der Waals surface area (Å²) >= 11 is 0. The molecular weight excluding hydrogens is 252 g/mol.